The number of carbonyl (C=O) groups is 1. The van der Waals surface area contributed by atoms with E-state index in [2.05, 4.69) is 4.98 Å². The minimum atomic E-state index is -3.79. The predicted molar refractivity (Wildman–Crippen MR) is 97.2 cm³/mol. The number of ether oxygens (including phenoxy) is 1. The number of esters is 1. The molecule has 0 bridgehead atoms. The van der Waals surface area contributed by atoms with Crippen LogP contribution in [-0.4, -0.2) is 30.8 Å². The van der Waals surface area contributed by atoms with E-state index in [0.29, 0.717) is 5.56 Å². The standard InChI is InChI=1S/C18H22NO5P/c1-4-22-18(20)17(25(21,23-5-2)24-6-3)13-14-11-12-19-16-10-8-7-9-15(14)16/h7-13H,4-6H2,1-3H3. The highest BCUT2D eigenvalue weighted by Gasteiger charge is 2.36. The summed E-state index contributed by atoms with van der Waals surface area (Å²) < 4.78 is 28.9. The molecule has 0 atom stereocenters. The minimum absolute atomic E-state index is 0.116. The summed E-state index contributed by atoms with van der Waals surface area (Å²) in [7, 11) is -3.79. The number of aromatic nitrogens is 1. The van der Waals surface area contributed by atoms with Gasteiger partial charge in [-0.3, -0.25) is 9.55 Å². The lowest BCUT2D eigenvalue weighted by atomic mass is 10.1. The zero-order chi connectivity index (χ0) is 18.3. The van der Waals surface area contributed by atoms with Crippen molar-refractivity contribution in [2.75, 3.05) is 19.8 Å². The number of rotatable bonds is 8. The second kappa shape index (κ2) is 8.90. The van der Waals surface area contributed by atoms with Crippen LogP contribution in [0.5, 0.6) is 0 Å². The average Bonchev–Trinajstić information content (AvgIpc) is 2.60. The summed E-state index contributed by atoms with van der Waals surface area (Å²) >= 11 is 0. The van der Waals surface area contributed by atoms with Crippen molar-refractivity contribution in [3.8, 4) is 0 Å². The largest absolute Gasteiger partial charge is 0.462 e. The van der Waals surface area contributed by atoms with Crippen LogP contribution in [0.15, 0.2) is 41.8 Å². The average molecular weight is 363 g/mol. The van der Waals surface area contributed by atoms with Gasteiger partial charge in [0.25, 0.3) is 0 Å². The molecule has 0 spiro atoms. The smallest absolute Gasteiger partial charge is 0.368 e. The molecular weight excluding hydrogens is 341 g/mol. The Labute approximate surface area is 147 Å². The van der Waals surface area contributed by atoms with E-state index in [0.717, 1.165) is 10.9 Å². The van der Waals surface area contributed by atoms with Crippen LogP contribution in [0, 0.1) is 0 Å². The molecule has 0 aliphatic heterocycles. The number of hydrogen-bond acceptors (Lipinski definition) is 6. The van der Waals surface area contributed by atoms with Crippen LogP contribution in [0.3, 0.4) is 0 Å². The van der Waals surface area contributed by atoms with Crippen LogP contribution in [0.2, 0.25) is 0 Å². The lowest BCUT2D eigenvalue weighted by molar-refractivity contribution is -0.137. The van der Waals surface area contributed by atoms with E-state index in [1.54, 1.807) is 33.0 Å². The zero-order valence-corrected chi connectivity index (χ0v) is 15.5. The van der Waals surface area contributed by atoms with E-state index in [1.165, 1.54) is 6.08 Å². The Bertz CT molecular complexity index is 803. The van der Waals surface area contributed by atoms with Gasteiger partial charge in [0.2, 0.25) is 0 Å². The molecule has 2 aromatic rings. The van der Waals surface area contributed by atoms with Gasteiger partial charge in [-0.1, -0.05) is 18.2 Å². The van der Waals surface area contributed by atoms with Crippen molar-refractivity contribution < 1.29 is 23.1 Å². The molecule has 0 aliphatic rings. The second-order valence-corrected chi connectivity index (χ2v) is 6.99. The fraction of sp³-hybridized carbons (Fsp3) is 0.333. The van der Waals surface area contributed by atoms with Crippen molar-refractivity contribution in [2.45, 2.75) is 20.8 Å². The van der Waals surface area contributed by atoms with E-state index in [1.807, 2.05) is 24.3 Å². The second-order valence-electron chi connectivity index (χ2n) is 5.00. The van der Waals surface area contributed by atoms with Crippen molar-refractivity contribution >= 4 is 30.5 Å². The van der Waals surface area contributed by atoms with E-state index in [-0.39, 0.29) is 25.1 Å². The minimum Gasteiger partial charge on any atom is -0.462 e. The molecule has 0 aliphatic carbocycles. The fourth-order valence-electron chi connectivity index (χ4n) is 2.36. The lowest BCUT2D eigenvalue weighted by Crippen LogP contribution is -2.11. The Morgan fingerprint density at radius 1 is 1.08 bits per heavy atom. The third kappa shape index (κ3) is 4.54. The Morgan fingerprint density at radius 3 is 2.40 bits per heavy atom. The first-order valence-corrected chi connectivity index (χ1v) is 9.72. The maximum Gasteiger partial charge on any atom is 0.368 e. The SMILES string of the molecule is CCOC(=O)C(=Cc1ccnc2ccccc12)P(=O)(OCC)OCC. The summed E-state index contributed by atoms with van der Waals surface area (Å²) in [6, 6.07) is 9.23. The summed E-state index contributed by atoms with van der Waals surface area (Å²) in [5.74, 6) is -0.714. The van der Waals surface area contributed by atoms with Gasteiger partial charge in [0.1, 0.15) is 5.31 Å². The first-order chi connectivity index (χ1) is 12.1. The summed E-state index contributed by atoms with van der Waals surface area (Å²) in [6.45, 7) is 5.51. The lowest BCUT2D eigenvalue weighted by Gasteiger charge is -2.19. The molecule has 0 fully saturated rings. The molecule has 0 saturated heterocycles. The first-order valence-electron chi connectivity index (χ1n) is 8.18. The third-order valence-corrected chi connectivity index (χ3v) is 5.45. The Kier molecular flexibility index (Phi) is 6.88. The van der Waals surface area contributed by atoms with Crippen LogP contribution in [-0.2, 0) is 23.1 Å². The molecule has 25 heavy (non-hydrogen) atoms. The highest BCUT2D eigenvalue weighted by Crippen LogP contribution is 2.57. The predicted octanol–water partition coefficient (Wildman–Crippen LogP) is 4.40. The van der Waals surface area contributed by atoms with Gasteiger partial charge >= 0.3 is 13.6 Å². The number of carbonyl (C=O) groups excluding carboxylic acids is 1. The van der Waals surface area contributed by atoms with E-state index >= 15 is 0 Å². The summed E-state index contributed by atoms with van der Waals surface area (Å²) in [6.07, 6.45) is 3.14. The molecule has 0 amide bonds. The van der Waals surface area contributed by atoms with Crippen LogP contribution in [0.1, 0.15) is 26.3 Å². The maximum atomic E-state index is 13.1. The fourth-order valence-corrected chi connectivity index (χ4v) is 3.98. The van der Waals surface area contributed by atoms with Crippen molar-refractivity contribution in [3.05, 3.63) is 47.4 Å². The molecule has 134 valence electrons. The van der Waals surface area contributed by atoms with Crippen molar-refractivity contribution in [1.29, 1.82) is 0 Å². The van der Waals surface area contributed by atoms with Crippen molar-refractivity contribution in [2.24, 2.45) is 0 Å². The molecule has 6 nitrogen and oxygen atoms in total. The third-order valence-electron chi connectivity index (χ3n) is 3.35. The van der Waals surface area contributed by atoms with Gasteiger partial charge in [-0.25, -0.2) is 4.79 Å². The Balaban J connectivity index is 2.63. The maximum absolute atomic E-state index is 13.1. The number of hydrogen-bond donors (Lipinski definition) is 0. The van der Waals surface area contributed by atoms with Crippen LogP contribution in [0.4, 0.5) is 0 Å². The van der Waals surface area contributed by atoms with Gasteiger partial charge in [0, 0.05) is 11.6 Å². The summed E-state index contributed by atoms with van der Waals surface area (Å²) in [5.41, 5.74) is 1.45. The van der Waals surface area contributed by atoms with E-state index in [9.17, 15) is 9.36 Å². The van der Waals surface area contributed by atoms with E-state index in [4.69, 9.17) is 13.8 Å². The molecule has 1 aromatic carbocycles. The van der Waals surface area contributed by atoms with Gasteiger partial charge in [0.05, 0.1) is 25.3 Å². The summed E-state index contributed by atoms with van der Waals surface area (Å²) in [4.78, 5) is 16.7. The van der Waals surface area contributed by atoms with Crippen molar-refractivity contribution in [1.82, 2.24) is 4.98 Å². The van der Waals surface area contributed by atoms with Crippen LogP contribution < -0.4 is 0 Å². The van der Waals surface area contributed by atoms with Crippen molar-refractivity contribution in [3.63, 3.8) is 0 Å². The van der Waals surface area contributed by atoms with Gasteiger partial charge in [0.15, 0.2) is 0 Å². The van der Waals surface area contributed by atoms with Gasteiger partial charge in [-0.2, -0.15) is 0 Å². The van der Waals surface area contributed by atoms with Gasteiger partial charge in [-0.05, 0) is 44.5 Å². The number of nitrogens with zero attached hydrogens (tertiary/aromatic N) is 1. The highest BCUT2D eigenvalue weighted by molar-refractivity contribution is 7.60. The quantitative estimate of drug-likeness (QED) is 0.393. The Morgan fingerprint density at radius 2 is 1.76 bits per heavy atom. The topological polar surface area (TPSA) is 74.7 Å². The number of pyridine rings is 1. The molecule has 2 rings (SSSR count). The molecule has 0 N–H and O–H groups in total. The molecule has 1 aromatic heterocycles. The monoisotopic (exact) mass is 363 g/mol. The summed E-state index contributed by atoms with van der Waals surface area (Å²) in [5, 5.41) is 0.709. The number of benzene rings is 1. The molecule has 0 saturated carbocycles. The molecule has 1 heterocycles. The number of para-hydroxylation sites is 1. The molecule has 0 radical (unpaired) electrons. The van der Waals surface area contributed by atoms with E-state index < -0.39 is 13.6 Å². The first kappa shape index (κ1) is 19.3. The normalized spacial score (nSPS) is 12.4. The molecular formula is C18H22NO5P. The molecule has 0 unspecified atom stereocenters. The Hall–Kier alpha value is -2.01. The van der Waals surface area contributed by atoms with Crippen LogP contribution in [0.25, 0.3) is 17.0 Å². The van der Waals surface area contributed by atoms with Crippen LogP contribution >= 0.6 is 7.60 Å². The number of fused-ring (bicyclic) bond motifs is 1. The van der Waals surface area contributed by atoms with Gasteiger partial charge < -0.3 is 13.8 Å². The zero-order valence-electron chi connectivity index (χ0n) is 14.6. The van der Waals surface area contributed by atoms with Gasteiger partial charge in [-0.15, -0.1) is 0 Å². The molecule has 7 heteroatoms. The highest BCUT2D eigenvalue weighted by atomic mass is 31.2.